The van der Waals surface area contributed by atoms with Crippen LogP contribution in [0.1, 0.15) is 10.4 Å². The molecule has 0 N–H and O–H groups in total. The van der Waals surface area contributed by atoms with E-state index in [2.05, 4.69) is 4.74 Å². The van der Waals surface area contributed by atoms with Crippen LogP contribution in [0.25, 0.3) is 0 Å². The Labute approximate surface area is 133 Å². The van der Waals surface area contributed by atoms with Gasteiger partial charge in [-0.05, 0) is 18.2 Å². The second-order valence-corrected chi connectivity index (χ2v) is 6.71. The van der Waals surface area contributed by atoms with Gasteiger partial charge in [0.15, 0.2) is 6.61 Å². The van der Waals surface area contributed by atoms with Crippen LogP contribution in [0.3, 0.4) is 0 Å². The van der Waals surface area contributed by atoms with Crippen molar-refractivity contribution >= 4 is 27.6 Å². The third-order valence-electron chi connectivity index (χ3n) is 3.02. The Balaban J connectivity index is 2.33. The van der Waals surface area contributed by atoms with Crippen LogP contribution in [0, 0.1) is 11.3 Å². The number of halogens is 1. The number of ether oxygens (including phenoxy) is 2. The third-order valence-corrected chi connectivity index (χ3v) is 5.40. The molecule has 7 nitrogen and oxygen atoms in total. The van der Waals surface area contributed by atoms with E-state index < -0.39 is 22.6 Å². The zero-order chi connectivity index (χ0) is 16.2. The van der Waals surface area contributed by atoms with Crippen molar-refractivity contribution in [3.8, 4) is 6.07 Å². The van der Waals surface area contributed by atoms with Gasteiger partial charge in [0.1, 0.15) is 11.0 Å². The van der Waals surface area contributed by atoms with E-state index in [0.717, 1.165) is 6.07 Å². The summed E-state index contributed by atoms with van der Waals surface area (Å²) in [5.41, 5.74) is 0.0199. The van der Waals surface area contributed by atoms with Crippen molar-refractivity contribution < 1.29 is 22.7 Å². The van der Waals surface area contributed by atoms with E-state index in [1.165, 1.54) is 16.4 Å². The molecule has 0 bridgehead atoms. The van der Waals surface area contributed by atoms with E-state index in [-0.39, 0.29) is 28.6 Å². The van der Waals surface area contributed by atoms with Crippen LogP contribution in [-0.2, 0) is 19.5 Å². The van der Waals surface area contributed by atoms with E-state index in [1.54, 1.807) is 6.07 Å². The average Bonchev–Trinajstić information content (AvgIpc) is 2.53. The maximum atomic E-state index is 12.6. The Morgan fingerprint density at radius 3 is 2.73 bits per heavy atom. The maximum Gasteiger partial charge on any atom is 0.339 e. The molecular formula is C13H13ClN2O5S. The number of sulfonamides is 1. The number of hydrogen-bond donors (Lipinski definition) is 0. The van der Waals surface area contributed by atoms with E-state index in [1.807, 2.05) is 0 Å². The standard InChI is InChI=1S/C13H13ClN2O5S/c14-11-2-1-10(13(17)21-6-3-15)9-12(11)22(18,19)16-4-7-20-8-5-16/h1-2,9H,4-8H2. The van der Waals surface area contributed by atoms with Gasteiger partial charge in [-0.15, -0.1) is 0 Å². The average molecular weight is 345 g/mol. The molecule has 22 heavy (non-hydrogen) atoms. The van der Waals surface area contributed by atoms with Crippen LogP contribution in [0.4, 0.5) is 0 Å². The Hall–Kier alpha value is -1.66. The highest BCUT2D eigenvalue weighted by atomic mass is 35.5. The van der Waals surface area contributed by atoms with E-state index in [0.29, 0.717) is 13.2 Å². The molecule has 0 spiro atoms. The highest BCUT2D eigenvalue weighted by molar-refractivity contribution is 7.89. The fraction of sp³-hybridized carbons (Fsp3) is 0.385. The van der Waals surface area contributed by atoms with Gasteiger partial charge in [-0.25, -0.2) is 13.2 Å². The van der Waals surface area contributed by atoms with Crippen molar-refractivity contribution in [3.63, 3.8) is 0 Å². The van der Waals surface area contributed by atoms with Crippen LogP contribution in [-0.4, -0.2) is 51.6 Å². The first-order chi connectivity index (χ1) is 10.5. The SMILES string of the molecule is N#CCOC(=O)c1ccc(Cl)c(S(=O)(=O)N2CCOCC2)c1. The summed E-state index contributed by atoms with van der Waals surface area (Å²) in [6, 6.07) is 5.49. The normalized spacial score (nSPS) is 16.0. The van der Waals surface area contributed by atoms with Gasteiger partial charge in [-0.1, -0.05) is 11.6 Å². The highest BCUT2D eigenvalue weighted by Crippen LogP contribution is 2.26. The van der Waals surface area contributed by atoms with Crippen LogP contribution in [0.15, 0.2) is 23.1 Å². The molecule has 1 saturated heterocycles. The largest absolute Gasteiger partial charge is 0.447 e. The predicted molar refractivity (Wildman–Crippen MR) is 76.9 cm³/mol. The first-order valence-corrected chi connectivity index (χ1v) is 8.20. The molecule has 0 amide bonds. The molecule has 1 fully saturated rings. The fourth-order valence-corrected chi connectivity index (χ4v) is 3.84. The van der Waals surface area contributed by atoms with Gasteiger partial charge < -0.3 is 9.47 Å². The third kappa shape index (κ3) is 3.56. The topological polar surface area (TPSA) is 96.7 Å². The van der Waals surface area contributed by atoms with Gasteiger partial charge in [-0.2, -0.15) is 9.57 Å². The Bertz CT molecular complexity index is 708. The summed E-state index contributed by atoms with van der Waals surface area (Å²) < 4.78 is 36.2. The molecule has 1 aromatic carbocycles. The molecule has 9 heteroatoms. The molecule has 118 valence electrons. The van der Waals surface area contributed by atoms with Gasteiger partial charge in [0, 0.05) is 13.1 Å². The van der Waals surface area contributed by atoms with E-state index in [9.17, 15) is 13.2 Å². The predicted octanol–water partition coefficient (Wildman–Crippen LogP) is 1.04. The smallest absolute Gasteiger partial charge is 0.339 e. The van der Waals surface area contributed by atoms with Crippen molar-refractivity contribution in [1.29, 1.82) is 5.26 Å². The Kier molecular flexibility index (Phi) is 5.37. The first kappa shape index (κ1) is 16.7. The molecule has 1 aromatic rings. The monoisotopic (exact) mass is 344 g/mol. The molecule has 1 aliphatic rings. The lowest BCUT2D eigenvalue weighted by molar-refractivity contribution is 0.0554. The van der Waals surface area contributed by atoms with Crippen molar-refractivity contribution in [2.24, 2.45) is 0 Å². The Morgan fingerprint density at radius 1 is 1.41 bits per heavy atom. The summed E-state index contributed by atoms with van der Waals surface area (Å²) in [7, 11) is -3.82. The number of carbonyl (C=O) groups is 1. The zero-order valence-electron chi connectivity index (χ0n) is 11.5. The maximum absolute atomic E-state index is 12.6. The van der Waals surface area contributed by atoms with E-state index in [4.69, 9.17) is 21.6 Å². The summed E-state index contributed by atoms with van der Waals surface area (Å²) in [5, 5.41) is 8.41. The summed E-state index contributed by atoms with van der Waals surface area (Å²) >= 11 is 5.97. The van der Waals surface area contributed by atoms with Crippen LogP contribution < -0.4 is 0 Å². The first-order valence-electron chi connectivity index (χ1n) is 6.38. The minimum absolute atomic E-state index is 0.0170. The molecule has 1 aliphatic heterocycles. The second-order valence-electron chi connectivity index (χ2n) is 4.40. The second kappa shape index (κ2) is 7.07. The summed E-state index contributed by atoms with van der Waals surface area (Å²) in [5.74, 6) is -0.781. The quantitative estimate of drug-likeness (QED) is 0.757. The highest BCUT2D eigenvalue weighted by Gasteiger charge is 2.29. The summed E-state index contributed by atoms with van der Waals surface area (Å²) in [6.07, 6.45) is 0. The molecule has 2 rings (SSSR count). The van der Waals surface area contributed by atoms with Crippen LogP contribution in [0.5, 0.6) is 0 Å². The molecule has 0 radical (unpaired) electrons. The minimum atomic E-state index is -3.82. The van der Waals surface area contributed by atoms with Gasteiger partial charge in [0.25, 0.3) is 0 Å². The van der Waals surface area contributed by atoms with E-state index >= 15 is 0 Å². The number of nitriles is 1. The minimum Gasteiger partial charge on any atom is -0.447 e. The molecular weight excluding hydrogens is 332 g/mol. The van der Waals surface area contributed by atoms with Gasteiger partial charge in [0.2, 0.25) is 10.0 Å². The van der Waals surface area contributed by atoms with Gasteiger partial charge >= 0.3 is 5.97 Å². The summed E-state index contributed by atoms with van der Waals surface area (Å²) in [6.45, 7) is 0.651. The number of carbonyl (C=O) groups excluding carboxylic acids is 1. The molecule has 1 heterocycles. The fourth-order valence-electron chi connectivity index (χ4n) is 1.94. The molecule has 0 aromatic heterocycles. The lowest BCUT2D eigenvalue weighted by Gasteiger charge is -2.26. The molecule has 0 unspecified atom stereocenters. The van der Waals surface area contributed by atoms with Crippen LogP contribution >= 0.6 is 11.6 Å². The lowest BCUT2D eigenvalue weighted by Crippen LogP contribution is -2.40. The number of rotatable bonds is 4. The van der Waals surface area contributed by atoms with Gasteiger partial charge in [-0.3, -0.25) is 0 Å². The number of benzene rings is 1. The van der Waals surface area contributed by atoms with Crippen molar-refractivity contribution in [1.82, 2.24) is 4.31 Å². The number of hydrogen-bond acceptors (Lipinski definition) is 6. The number of morpholine rings is 1. The Morgan fingerprint density at radius 2 is 2.09 bits per heavy atom. The number of esters is 1. The lowest BCUT2D eigenvalue weighted by atomic mass is 10.2. The summed E-state index contributed by atoms with van der Waals surface area (Å²) in [4.78, 5) is 11.6. The van der Waals surface area contributed by atoms with Crippen molar-refractivity contribution in [2.45, 2.75) is 4.90 Å². The number of nitrogens with zero attached hydrogens (tertiary/aromatic N) is 2. The molecule has 0 aliphatic carbocycles. The van der Waals surface area contributed by atoms with Crippen molar-refractivity contribution in [2.75, 3.05) is 32.9 Å². The molecule has 0 atom stereocenters. The van der Waals surface area contributed by atoms with Gasteiger partial charge in [0.05, 0.1) is 23.8 Å². The zero-order valence-corrected chi connectivity index (χ0v) is 13.1. The van der Waals surface area contributed by atoms with Crippen LogP contribution in [0.2, 0.25) is 5.02 Å². The van der Waals surface area contributed by atoms with Crippen molar-refractivity contribution in [3.05, 3.63) is 28.8 Å². The molecule has 0 saturated carbocycles.